The smallest absolute Gasteiger partial charge is 0.410 e. The number of carbonyl (C=O) groups excluding carboxylic acids is 1. The van der Waals surface area contributed by atoms with E-state index in [0.29, 0.717) is 6.54 Å². The molecular formula is C15H30N2O2. The average Bonchev–Trinajstić information content (AvgIpc) is 2.27. The predicted octanol–water partition coefficient (Wildman–Crippen LogP) is 3.15. The van der Waals surface area contributed by atoms with Crippen LogP contribution in [0.5, 0.6) is 0 Å². The molecule has 1 rings (SSSR count). The molecule has 1 atom stereocenters. The molecule has 0 aromatic rings. The van der Waals surface area contributed by atoms with Gasteiger partial charge in [0, 0.05) is 19.6 Å². The van der Waals surface area contributed by atoms with Crippen molar-refractivity contribution in [3.63, 3.8) is 0 Å². The summed E-state index contributed by atoms with van der Waals surface area (Å²) >= 11 is 0. The maximum absolute atomic E-state index is 11.8. The van der Waals surface area contributed by atoms with Crippen LogP contribution in [-0.2, 0) is 4.74 Å². The van der Waals surface area contributed by atoms with Gasteiger partial charge in [-0.2, -0.15) is 0 Å². The molecule has 0 radical (unpaired) electrons. The molecule has 0 aliphatic heterocycles. The van der Waals surface area contributed by atoms with Gasteiger partial charge in [0.05, 0.1) is 0 Å². The maximum atomic E-state index is 11.8. The first-order valence-electron chi connectivity index (χ1n) is 7.47. The van der Waals surface area contributed by atoms with Crippen LogP contribution in [0, 0.1) is 5.92 Å². The van der Waals surface area contributed by atoms with Gasteiger partial charge in [0.25, 0.3) is 0 Å². The lowest BCUT2D eigenvalue weighted by atomic mass is 9.85. The van der Waals surface area contributed by atoms with Crippen molar-refractivity contribution in [2.75, 3.05) is 13.6 Å². The van der Waals surface area contributed by atoms with E-state index in [1.54, 1.807) is 11.9 Å². The zero-order valence-corrected chi connectivity index (χ0v) is 12.9. The van der Waals surface area contributed by atoms with E-state index >= 15 is 0 Å². The second-order valence-corrected chi connectivity index (χ2v) is 6.86. The fourth-order valence-electron chi connectivity index (χ4n) is 2.69. The third-order valence-corrected chi connectivity index (χ3v) is 3.57. The van der Waals surface area contributed by atoms with Crippen LogP contribution < -0.4 is 5.73 Å². The van der Waals surface area contributed by atoms with Gasteiger partial charge in [-0.25, -0.2) is 4.79 Å². The number of ether oxygens (including phenoxy) is 1. The summed E-state index contributed by atoms with van der Waals surface area (Å²) in [6.07, 6.45) is 7.36. The van der Waals surface area contributed by atoms with Gasteiger partial charge in [-0.3, -0.25) is 0 Å². The van der Waals surface area contributed by atoms with Crippen LogP contribution in [-0.4, -0.2) is 36.2 Å². The van der Waals surface area contributed by atoms with Gasteiger partial charge in [-0.15, -0.1) is 0 Å². The zero-order valence-electron chi connectivity index (χ0n) is 12.9. The minimum Gasteiger partial charge on any atom is -0.444 e. The normalized spacial score (nSPS) is 19.0. The third-order valence-electron chi connectivity index (χ3n) is 3.57. The highest BCUT2D eigenvalue weighted by molar-refractivity contribution is 5.67. The molecule has 0 aromatic carbocycles. The SMILES string of the molecule is CN(CC(N)CC1CCCCC1)C(=O)OC(C)(C)C. The van der Waals surface area contributed by atoms with Crippen molar-refractivity contribution in [1.82, 2.24) is 4.90 Å². The summed E-state index contributed by atoms with van der Waals surface area (Å²) in [6, 6.07) is 0.0561. The first kappa shape index (κ1) is 16.3. The molecule has 0 heterocycles. The van der Waals surface area contributed by atoms with E-state index in [1.165, 1.54) is 32.1 Å². The minimum atomic E-state index is -0.446. The largest absolute Gasteiger partial charge is 0.444 e. The Morgan fingerprint density at radius 2 is 1.89 bits per heavy atom. The molecule has 0 spiro atoms. The Bertz CT molecular complexity index is 280. The fraction of sp³-hybridized carbons (Fsp3) is 0.933. The van der Waals surface area contributed by atoms with Gasteiger partial charge >= 0.3 is 6.09 Å². The lowest BCUT2D eigenvalue weighted by Gasteiger charge is -2.29. The van der Waals surface area contributed by atoms with E-state index in [0.717, 1.165) is 12.3 Å². The fourth-order valence-corrected chi connectivity index (χ4v) is 2.69. The van der Waals surface area contributed by atoms with Crippen molar-refractivity contribution in [2.24, 2.45) is 11.7 Å². The molecule has 1 amide bonds. The predicted molar refractivity (Wildman–Crippen MR) is 78.0 cm³/mol. The standard InChI is InChI=1S/C15H30N2O2/c1-15(2,3)19-14(18)17(4)11-13(16)10-12-8-6-5-7-9-12/h12-13H,5-11,16H2,1-4H3. The van der Waals surface area contributed by atoms with Gasteiger partial charge in [-0.1, -0.05) is 32.1 Å². The Morgan fingerprint density at radius 1 is 1.32 bits per heavy atom. The number of amides is 1. The Labute approximate surface area is 117 Å². The average molecular weight is 270 g/mol. The van der Waals surface area contributed by atoms with E-state index in [2.05, 4.69) is 0 Å². The second kappa shape index (κ2) is 7.13. The van der Waals surface area contributed by atoms with Crippen LogP contribution in [0.25, 0.3) is 0 Å². The lowest BCUT2D eigenvalue weighted by molar-refractivity contribution is 0.0284. The van der Waals surface area contributed by atoms with Crippen molar-refractivity contribution in [3.8, 4) is 0 Å². The summed E-state index contributed by atoms with van der Waals surface area (Å²) in [7, 11) is 1.76. The molecule has 0 aromatic heterocycles. The van der Waals surface area contributed by atoms with Gasteiger partial charge in [-0.05, 0) is 33.1 Å². The molecule has 1 unspecified atom stereocenters. The number of likely N-dealkylation sites (N-methyl/N-ethyl adjacent to an activating group) is 1. The maximum Gasteiger partial charge on any atom is 0.410 e. The van der Waals surface area contributed by atoms with Crippen molar-refractivity contribution in [3.05, 3.63) is 0 Å². The summed E-state index contributed by atoms with van der Waals surface area (Å²) in [5.41, 5.74) is 5.71. The quantitative estimate of drug-likeness (QED) is 0.853. The van der Waals surface area contributed by atoms with Gasteiger partial charge in [0.15, 0.2) is 0 Å². The molecule has 4 heteroatoms. The Balaban J connectivity index is 2.30. The highest BCUT2D eigenvalue weighted by atomic mass is 16.6. The summed E-state index contributed by atoms with van der Waals surface area (Å²) in [5, 5.41) is 0. The van der Waals surface area contributed by atoms with Gasteiger partial charge < -0.3 is 15.4 Å². The number of nitrogens with zero attached hydrogens (tertiary/aromatic N) is 1. The summed E-state index contributed by atoms with van der Waals surface area (Å²) in [6.45, 7) is 6.20. The third kappa shape index (κ3) is 6.81. The van der Waals surface area contributed by atoms with Crippen molar-refractivity contribution in [2.45, 2.75) is 70.9 Å². The molecule has 2 N–H and O–H groups in total. The van der Waals surface area contributed by atoms with Crippen molar-refractivity contribution >= 4 is 6.09 Å². The number of hydrogen-bond acceptors (Lipinski definition) is 3. The Morgan fingerprint density at radius 3 is 2.42 bits per heavy atom. The van der Waals surface area contributed by atoms with E-state index in [1.807, 2.05) is 20.8 Å². The van der Waals surface area contributed by atoms with Crippen LogP contribution in [0.2, 0.25) is 0 Å². The highest BCUT2D eigenvalue weighted by Gasteiger charge is 2.22. The van der Waals surface area contributed by atoms with Crippen LogP contribution in [0.4, 0.5) is 4.79 Å². The molecule has 1 aliphatic carbocycles. The highest BCUT2D eigenvalue weighted by Crippen LogP contribution is 2.27. The van der Waals surface area contributed by atoms with E-state index in [9.17, 15) is 4.79 Å². The van der Waals surface area contributed by atoms with Crippen LogP contribution in [0.3, 0.4) is 0 Å². The van der Waals surface area contributed by atoms with Crippen molar-refractivity contribution < 1.29 is 9.53 Å². The Kier molecular flexibility index (Phi) is 6.11. The second-order valence-electron chi connectivity index (χ2n) is 6.86. The number of hydrogen-bond donors (Lipinski definition) is 1. The first-order valence-corrected chi connectivity index (χ1v) is 7.47. The molecule has 4 nitrogen and oxygen atoms in total. The monoisotopic (exact) mass is 270 g/mol. The number of carbonyl (C=O) groups is 1. The summed E-state index contributed by atoms with van der Waals surface area (Å²) < 4.78 is 5.32. The topological polar surface area (TPSA) is 55.6 Å². The molecular weight excluding hydrogens is 240 g/mol. The molecule has 19 heavy (non-hydrogen) atoms. The van der Waals surface area contributed by atoms with Gasteiger partial charge in [0.1, 0.15) is 5.60 Å². The van der Waals surface area contributed by atoms with Crippen molar-refractivity contribution in [1.29, 1.82) is 0 Å². The molecule has 1 aliphatic rings. The number of nitrogens with two attached hydrogens (primary N) is 1. The van der Waals surface area contributed by atoms with Crippen LogP contribution in [0.1, 0.15) is 59.3 Å². The first-order chi connectivity index (χ1) is 8.78. The summed E-state index contributed by atoms with van der Waals surface area (Å²) in [4.78, 5) is 13.4. The van der Waals surface area contributed by atoms with E-state index < -0.39 is 5.60 Å². The molecule has 0 bridgehead atoms. The lowest BCUT2D eigenvalue weighted by Crippen LogP contribution is -2.42. The molecule has 0 saturated heterocycles. The van der Waals surface area contributed by atoms with Crippen LogP contribution in [0.15, 0.2) is 0 Å². The Hall–Kier alpha value is -0.770. The molecule has 112 valence electrons. The summed E-state index contributed by atoms with van der Waals surface area (Å²) in [5.74, 6) is 0.746. The molecule has 1 fully saturated rings. The van der Waals surface area contributed by atoms with Gasteiger partial charge in [0.2, 0.25) is 0 Å². The number of rotatable bonds is 4. The van der Waals surface area contributed by atoms with E-state index in [-0.39, 0.29) is 12.1 Å². The molecule has 1 saturated carbocycles. The minimum absolute atomic E-state index is 0.0561. The zero-order chi connectivity index (χ0) is 14.5. The van der Waals surface area contributed by atoms with Crippen LogP contribution >= 0.6 is 0 Å². The van der Waals surface area contributed by atoms with E-state index in [4.69, 9.17) is 10.5 Å².